The number of carbonyl (C=O) groups excluding carboxylic acids is 3. The van der Waals surface area contributed by atoms with Gasteiger partial charge in [-0.25, -0.2) is 4.98 Å². The van der Waals surface area contributed by atoms with Crippen LogP contribution in [0.2, 0.25) is 5.02 Å². The third-order valence-electron chi connectivity index (χ3n) is 6.44. The second-order valence-electron chi connectivity index (χ2n) is 8.76. The largest absolute Gasteiger partial charge is 0.416 e. The Morgan fingerprint density at radius 2 is 1.80 bits per heavy atom. The second-order valence-corrected chi connectivity index (χ2v) is 9.20. The first-order chi connectivity index (χ1) is 16.6. The number of pyridine rings is 1. The SMILES string of the molecule is O=C(Nc1ccc(Cl)cn1)c1ccc(C(F)(F)F)cc1NC(=O)[C@H]1CC[C@H](N2CCCC2=O)CC1. The van der Waals surface area contributed by atoms with Gasteiger partial charge < -0.3 is 15.5 Å². The van der Waals surface area contributed by atoms with Gasteiger partial charge in [0.15, 0.2) is 0 Å². The summed E-state index contributed by atoms with van der Waals surface area (Å²) in [4.78, 5) is 43.6. The molecule has 1 aromatic heterocycles. The monoisotopic (exact) mass is 508 g/mol. The zero-order chi connectivity index (χ0) is 25.2. The molecule has 0 unspecified atom stereocenters. The molecule has 1 aromatic carbocycles. The molecule has 7 nitrogen and oxygen atoms in total. The molecule has 11 heteroatoms. The molecular weight excluding hydrogens is 485 g/mol. The summed E-state index contributed by atoms with van der Waals surface area (Å²) in [6, 6.07) is 5.63. The van der Waals surface area contributed by atoms with Crippen LogP contribution < -0.4 is 10.6 Å². The molecule has 2 N–H and O–H groups in total. The maximum absolute atomic E-state index is 13.3. The molecule has 186 valence electrons. The molecule has 2 aliphatic rings. The third kappa shape index (κ3) is 5.93. The van der Waals surface area contributed by atoms with Crippen LogP contribution in [-0.2, 0) is 15.8 Å². The van der Waals surface area contributed by atoms with E-state index in [0.717, 1.165) is 31.2 Å². The van der Waals surface area contributed by atoms with Crippen molar-refractivity contribution in [2.24, 2.45) is 5.92 Å². The number of carbonyl (C=O) groups is 3. The van der Waals surface area contributed by atoms with Gasteiger partial charge >= 0.3 is 6.18 Å². The van der Waals surface area contributed by atoms with Crippen LogP contribution in [0.1, 0.15) is 54.4 Å². The van der Waals surface area contributed by atoms with Crippen LogP contribution in [0, 0.1) is 5.92 Å². The highest BCUT2D eigenvalue weighted by atomic mass is 35.5. The number of benzene rings is 1. The Morgan fingerprint density at radius 3 is 2.40 bits per heavy atom. The number of alkyl halides is 3. The number of halogens is 4. The van der Waals surface area contributed by atoms with E-state index in [1.54, 1.807) is 0 Å². The Balaban J connectivity index is 1.48. The van der Waals surface area contributed by atoms with Crippen LogP contribution in [0.5, 0.6) is 0 Å². The highest BCUT2D eigenvalue weighted by Gasteiger charge is 2.35. The second kappa shape index (κ2) is 10.2. The first-order valence-corrected chi connectivity index (χ1v) is 11.7. The summed E-state index contributed by atoms with van der Waals surface area (Å²) >= 11 is 5.79. The van der Waals surface area contributed by atoms with Gasteiger partial charge in [0, 0.05) is 31.1 Å². The van der Waals surface area contributed by atoms with Crippen molar-refractivity contribution in [1.82, 2.24) is 9.88 Å². The number of hydrogen-bond acceptors (Lipinski definition) is 4. The van der Waals surface area contributed by atoms with Crippen LogP contribution in [0.3, 0.4) is 0 Å². The molecular formula is C24H24ClF3N4O3. The molecule has 1 aliphatic carbocycles. The standard InChI is InChI=1S/C24H24ClF3N4O3/c25-16-6-10-20(29-13-16)31-23(35)18-9-5-15(24(26,27)28)12-19(18)30-22(34)14-3-7-17(8-4-14)32-11-1-2-21(32)33/h5-6,9-10,12-14,17H,1-4,7-8,11H2,(H,30,34)(H,29,31,35)/t14-,17-. The first-order valence-electron chi connectivity index (χ1n) is 11.4. The number of nitrogens with zero attached hydrogens (tertiary/aromatic N) is 2. The highest BCUT2D eigenvalue weighted by Crippen LogP contribution is 2.34. The fourth-order valence-electron chi connectivity index (χ4n) is 4.60. The van der Waals surface area contributed by atoms with Gasteiger partial charge in [-0.3, -0.25) is 14.4 Å². The molecule has 4 rings (SSSR count). The predicted octanol–water partition coefficient (Wildman–Crippen LogP) is 5.13. The van der Waals surface area contributed by atoms with Crippen LogP contribution in [0.15, 0.2) is 36.5 Å². The highest BCUT2D eigenvalue weighted by molar-refractivity contribution is 6.30. The molecule has 2 fully saturated rings. The Hall–Kier alpha value is -3.14. The van der Waals surface area contributed by atoms with Gasteiger partial charge in [0.2, 0.25) is 11.8 Å². The van der Waals surface area contributed by atoms with Crippen molar-refractivity contribution in [2.45, 2.75) is 50.7 Å². The Labute approximate surface area is 205 Å². The molecule has 1 saturated carbocycles. The molecule has 2 heterocycles. The van der Waals surface area contributed by atoms with Crippen molar-refractivity contribution in [3.8, 4) is 0 Å². The zero-order valence-corrected chi connectivity index (χ0v) is 19.5. The molecule has 0 spiro atoms. The van der Waals surface area contributed by atoms with Gasteiger partial charge in [-0.05, 0) is 62.4 Å². The van der Waals surface area contributed by atoms with E-state index in [9.17, 15) is 27.6 Å². The van der Waals surface area contributed by atoms with E-state index in [4.69, 9.17) is 11.6 Å². The molecule has 0 atom stereocenters. The van der Waals surface area contributed by atoms with Gasteiger partial charge in [0.1, 0.15) is 5.82 Å². The molecule has 3 amide bonds. The quantitative estimate of drug-likeness (QED) is 0.586. The van der Waals surface area contributed by atoms with Gasteiger partial charge in [-0.1, -0.05) is 11.6 Å². The lowest BCUT2D eigenvalue weighted by Gasteiger charge is -2.34. The third-order valence-corrected chi connectivity index (χ3v) is 6.66. The average Bonchev–Trinajstić information content (AvgIpc) is 3.25. The van der Waals surface area contributed by atoms with E-state index in [-0.39, 0.29) is 29.0 Å². The average molecular weight is 509 g/mol. The van der Waals surface area contributed by atoms with E-state index in [1.165, 1.54) is 18.3 Å². The van der Waals surface area contributed by atoms with Crippen LogP contribution >= 0.6 is 11.6 Å². The summed E-state index contributed by atoms with van der Waals surface area (Å²) in [7, 11) is 0. The Morgan fingerprint density at radius 1 is 1.06 bits per heavy atom. The Kier molecular flexibility index (Phi) is 7.30. The molecule has 0 bridgehead atoms. The fraction of sp³-hybridized carbons (Fsp3) is 0.417. The molecule has 2 aromatic rings. The van der Waals surface area contributed by atoms with Crippen molar-refractivity contribution in [2.75, 3.05) is 17.2 Å². The maximum atomic E-state index is 13.3. The smallest absolute Gasteiger partial charge is 0.340 e. The topological polar surface area (TPSA) is 91.4 Å². The normalized spacial score (nSPS) is 20.6. The first kappa shape index (κ1) is 25.0. The number of nitrogens with one attached hydrogen (secondary N) is 2. The van der Waals surface area contributed by atoms with Crippen LogP contribution in [0.4, 0.5) is 24.7 Å². The van der Waals surface area contributed by atoms with Gasteiger partial charge in [0.05, 0.1) is 21.8 Å². The minimum Gasteiger partial charge on any atom is -0.340 e. The van der Waals surface area contributed by atoms with E-state index in [0.29, 0.717) is 37.1 Å². The summed E-state index contributed by atoms with van der Waals surface area (Å²) in [6.07, 6.45) is 0.387. The molecule has 0 radical (unpaired) electrons. The number of rotatable bonds is 5. The summed E-state index contributed by atoms with van der Waals surface area (Å²) in [5.74, 6) is -1.30. The minimum absolute atomic E-state index is 0.0934. The lowest BCUT2D eigenvalue weighted by Crippen LogP contribution is -2.40. The summed E-state index contributed by atoms with van der Waals surface area (Å²) in [5.41, 5.74) is -1.34. The Bertz CT molecular complexity index is 1120. The summed E-state index contributed by atoms with van der Waals surface area (Å²) in [6.45, 7) is 0.728. The van der Waals surface area contributed by atoms with E-state index in [1.807, 2.05) is 4.90 Å². The predicted molar refractivity (Wildman–Crippen MR) is 124 cm³/mol. The number of hydrogen-bond donors (Lipinski definition) is 2. The lowest BCUT2D eigenvalue weighted by molar-refractivity contribution is -0.137. The van der Waals surface area contributed by atoms with Crippen LogP contribution in [-0.4, -0.2) is 40.2 Å². The molecule has 1 saturated heterocycles. The van der Waals surface area contributed by atoms with Gasteiger partial charge in [-0.15, -0.1) is 0 Å². The maximum Gasteiger partial charge on any atom is 0.416 e. The fourth-order valence-corrected chi connectivity index (χ4v) is 4.71. The lowest BCUT2D eigenvalue weighted by atomic mass is 9.84. The van der Waals surface area contributed by atoms with E-state index in [2.05, 4.69) is 15.6 Å². The summed E-state index contributed by atoms with van der Waals surface area (Å²) in [5, 5.41) is 5.40. The minimum atomic E-state index is -4.65. The summed E-state index contributed by atoms with van der Waals surface area (Å²) < 4.78 is 40.0. The van der Waals surface area contributed by atoms with E-state index < -0.39 is 29.5 Å². The van der Waals surface area contributed by atoms with E-state index >= 15 is 0 Å². The van der Waals surface area contributed by atoms with Crippen molar-refractivity contribution < 1.29 is 27.6 Å². The van der Waals surface area contributed by atoms with Crippen molar-refractivity contribution in [1.29, 1.82) is 0 Å². The molecule has 35 heavy (non-hydrogen) atoms. The van der Waals surface area contributed by atoms with Gasteiger partial charge in [-0.2, -0.15) is 13.2 Å². The number of aromatic nitrogens is 1. The number of likely N-dealkylation sites (tertiary alicyclic amines) is 1. The number of amides is 3. The van der Waals surface area contributed by atoms with Crippen molar-refractivity contribution in [3.05, 3.63) is 52.7 Å². The van der Waals surface area contributed by atoms with Crippen molar-refractivity contribution in [3.63, 3.8) is 0 Å². The number of anilines is 2. The van der Waals surface area contributed by atoms with Crippen LogP contribution in [0.25, 0.3) is 0 Å². The zero-order valence-electron chi connectivity index (χ0n) is 18.7. The molecule has 1 aliphatic heterocycles. The van der Waals surface area contributed by atoms with Gasteiger partial charge in [0.25, 0.3) is 5.91 Å². The van der Waals surface area contributed by atoms with Crippen molar-refractivity contribution >= 4 is 40.8 Å².